The normalized spacial score (nSPS) is 10.8. The van der Waals surface area contributed by atoms with Gasteiger partial charge in [-0.05, 0) is 0 Å². The van der Waals surface area contributed by atoms with Gasteiger partial charge in [0.1, 0.15) is 6.54 Å². The van der Waals surface area contributed by atoms with Crippen molar-refractivity contribution in [3.63, 3.8) is 0 Å². The van der Waals surface area contributed by atoms with E-state index in [9.17, 15) is 23.2 Å². The monoisotopic (exact) mass is 256 g/mol. The zero-order valence-electron chi connectivity index (χ0n) is 8.74. The molecule has 0 radical (unpaired) electrons. The molecule has 2 rings (SSSR count). The molecule has 2 aromatic rings. The Morgan fingerprint density at radius 1 is 1.28 bits per heavy atom. The third kappa shape index (κ3) is 1.88. The van der Waals surface area contributed by atoms with Gasteiger partial charge in [-0.2, -0.15) is 0 Å². The Hall–Kier alpha value is -2.51. The first-order valence-corrected chi connectivity index (χ1v) is 4.74. The molecule has 0 unspecified atom stereocenters. The van der Waals surface area contributed by atoms with E-state index in [1.807, 2.05) is 0 Å². The minimum absolute atomic E-state index is 0.153. The summed E-state index contributed by atoms with van der Waals surface area (Å²) >= 11 is 0. The van der Waals surface area contributed by atoms with E-state index in [4.69, 9.17) is 5.11 Å². The van der Waals surface area contributed by atoms with E-state index in [0.717, 1.165) is 0 Å². The van der Waals surface area contributed by atoms with Gasteiger partial charge in [0.2, 0.25) is 0 Å². The highest BCUT2D eigenvalue weighted by Gasteiger charge is 2.13. The molecule has 8 heteroatoms. The molecular weight excluding hydrogens is 250 g/mol. The van der Waals surface area contributed by atoms with Crippen LogP contribution in [0.2, 0.25) is 0 Å². The Kier molecular flexibility index (Phi) is 2.70. The van der Waals surface area contributed by atoms with E-state index >= 15 is 0 Å². The molecule has 1 aromatic carbocycles. The van der Waals surface area contributed by atoms with E-state index in [0.29, 0.717) is 16.7 Å². The van der Waals surface area contributed by atoms with Crippen molar-refractivity contribution in [3.05, 3.63) is 44.5 Å². The number of halogens is 2. The predicted molar refractivity (Wildman–Crippen MR) is 56.4 cm³/mol. The lowest BCUT2D eigenvalue weighted by molar-refractivity contribution is -0.137. The quantitative estimate of drug-likeness (QED) is 0.743. The third-order valence-corrected chi connectivity index (χ3v) is 2.31. The lowest BCUT2D eigenvalue weighted by Crippen LogP contribution is -2.37. The summed E-state index contributed by atoms with van der Waals surface area (Å²) in [6.45, 7) is -0.815. The number of carbonyl (C=O) groups is 1. The van der Waals surface area contributed by atoms with Gasteiger partial charge in [-0.3, -0.25) is 19.0 Å². The molecule has 1 heterocycles. The Labute approximate surface area is 97.1 Å². The molecule has 0 saturated heterocycles. The van der Waals surface area contributed by atoms with E-state index in [2.05, 4.69) is 4.98 Å². The molecule has 0 atom stereocenters. The standard InChI is InChI=1S/C10H6F2N2O4/c11-4-1-6-7(2-5(4)12)14(3-8(15)16)10(18)9(17)13-6/h1-2H,3H2,(H,13,17)(H,15,16). The fourth-order valence-electron chi connectivity index (χ4n) is 1.56. The van der Waals surface area contributed by atoms with Gasteiger partial charge in [-0.15, -0.1) is 0 Å². The van der Waals surface area contributed by atoms with Crippen LogP contribution in [0, 0.1) is 11.6 Å². The van der Waals surface area contributed by atoms with Crippen molar-refractivity contribution in [3.8, 4) is 0 Å². The van der Waals surface area contributed by atoms with Gasteiger partial charge in [0, 0.05) is 12.1 Å². The molecule has 0 aliphatic carbocycles. The lowest BCUT2D eigenvalue weighted by atomic mass is 10.2. The molecule has 0 bridgehead atoms. The van der Waals surface area contributed by atoms with Crippen LogP contribution in [-0.4, -0.2) is 20.6 Å². The topological polar surface area (TPSA) is 92.2 Å². The van der Waals surface area contributed by atoms with Crippen LogP contribution in [0.15, 0.2) is 21.7 Å². The van der Waals surface area contributed by atoms with Gasteiger partial charge in [-0.25, -0.2) is 8.78 Å². The minimum Gasteiger partial charge on any atom is -0.480 e. The Morgan fingerprint density at radius 2 is 1.89 bits per heavy atom. The maximum absolute atomic E-state index is 13.1. The maximum Gasteiger partial charge on any atom is 0.323 e. The van der Waals surface area contributed by atoms with Crippen molar-refractivity contribution < 1.29 is 18.7 Å². The molecule has 6 nitrogen and oxygen atoms in total. The smallest absolute Gasteiger partial charge is 0.323 e. The zero-order chi connectivity index (χ0) is 13.4. The molecule has 0 aliphatic heterocycles. The lowest BCUT2D eigenvalue weighted by Gasteiger charge is -2.07. The maximum atomic E-state index is 13.1. The average molecular weight is 256 g/mol. The van der Waals surface area contributed by atoms with Crippen LogP contribution in [0.3, 0.4) is 0 Å². The number of aliphatic carboxylic acids is 1. The number of nitrogens with one attached hydrogen (secondary N) is 1. The van der Waals surface area contributed by atoms with Crippen molar-refractivity contribution >= 4 is 17.0 Å². The highest BCUT2D eigenvalue weighted by Crippen LogP contribution is 2.14. The highest BCUT2D eigenvalue weighted by molar-refractivity contribution is 5.77. The predicted octanol–water partition coefficient (Wildman–Crippen LogP) is 0.0526. The minimum atomic E-state index is -1.38. The number of aromatic amines is 1. The largest absolute Gasteiger partial charge is 0.480 e. The van der Waals surface area contributed by atoms with Crippen LogP contribution in [0.5, 0.6) is 0 Å². The Balaban J connectivity index is 2.92. The van der Waals surface area contributed by atoms with Crippen molar-refractivity contribution in [2.24, 2.45) is 0 Å². The van der Waals surface area contributed by atoms with Crippen molar-refractivity contribution in [1.29, 1.82) is 0 Å². The van der Waals surface area contributed by atoms with Gasteiger partial charge < -0.3 is 10.1 Å². The molecular formula is C10H6F2N2O4. The first-order chi connectivity index (χ1) is 8.40. The van der Waals surface area contributed by atoms with Crippen molar-refractivity contribution in [1.82, 2.24) is 9.55 Å². The number of H-pyrrole nitrogens is 1. The first kappa shape index (κ1) is 12.0. The van der Waals surface area contributed by atoms with Crippen LogP contribution in [0.25, 0.3) is 11.0 Å². The van der Waals surface area contributed by atoms with Crippen LogP contribution >= 0.6 is 0 Å². The fourth-order valence-corrected chi connectivity index (χ4v) is 1.56. The summed E-state index contributed by atoms with van der Waals surface area (Å²) in [7, 11) is 0. The van der Waals surface area contributed by atoms with Crippen LogP contribution in [-0.2, 0) is 11.3 Å². The van der Waals surface area contributed by atoms with Gasteiger partial charge in [0.25, 0.3) is 0 Å². The highest BCUT2D eigenvalue weighted by atomic mass is 19.2. The Morgan fingerprint density at radius 3 is 2.50 bits per heavy atom. The van der Waals surface area contributed by atoms with Crippen molar-refractivity contribution in [2.75, 3.05) is 0 Å². The molecule has 0 fully saturated rings. The van der Waals surface area contributed by atoms with Gasteiger partial charge in [0.05, 0.1) is 11.0 Å². The summed E-state index contributed by atoms with van der Waals surface area (Å²) in [6.07, 6.45) is 0. The SMILES string of the molecule is O=C(O)Cn1c(=O)c(=O)[nH]c2cc(F)c(F)cc21. The number of benzene rings is 1. The number of nitrogens with zero attached hydrogens (tertiary/aromatic N) is 1. The second-order valence-corrected chi connectivity index (χ2v) is 3.52. The molecule has 18 heavy (non-hydrogen) atoms. The number of fused-ring (bicyclic) bond motifs is 1. The molecule has 1 aromatic heterocycles. The van der Waals surface area contributed by atoms with Crippen LogP contribution in [0.1, 0.15) is 0 Å². The molecule has 0 aliphatic rings. The van der Waals surface area contributed by atoms with E-state index in [1.54, 1.807) is 0 Å². The third-order valence-electron chi connectivity index (χ3n) is 2.31. The van der Waals surface area contributed by atoms with E-state index < -0.39 is 35.3 Å². The number of carboxylic acids is 1. The summed E-state index contributed by atoms with van der Waals surface area (Å²) in [6, 6.07) is 1.34. The first-order valence-electron chi connectivity index (χ1n) is 4.74. The zero-order valence-corrected chi connectivity index (χ0v) is 8.74. The molecule has 0 amide bonds. The summed E-state index contributed by atoms with van der Waals surface area (Å²) in [5, 5.41) is 8.63. The van der Waals surface area contributed by atoms with E-state index in [1.165, 1.54) is 0 Å². The number of hydrogen-bond donors (Lipinski definition) is 2. The molecule has 0 saturated carbocycles. The van der Waals surface area contributed by atoms with Crippen molar-refractivity contribution in [2.45, 2.75) is 6.54 Å². The fraction of sp³-hybridized carbons (Fsp3) is 0.100. The number of aromatic nitrogens is 2. The second-order valence-electron chi connectivity index (χ2n) is 3.52. The van der Waals surface area contributed by atoms with E-state index in [-0.39, 0.29) is 11.0 Å². The Bertz CT molecular complexity index is 763. The number of hydrogen-bond acceptors (Lipinski definition) is 3. The number of carboxylic acid groups (broad SMARTS) is 1. The summed E-state index contributed by atoms with van der Waals surface area (Å²) in [5.74, 6) is -3.83. The van der Waals surface area contributed by atoms with Gasteiger partial charge in [0.15, 0.2) is 11.6 Å². The van der Waals surface area contributed by atoms with Crippen LogP contribution in [0.4, 0.5) is 8.78 Å². The van der Waals surface area contributed by atoms with Gasteiger partial charge >= 0.3 is 17.1 Å². The number of rotatable bonds is 2. The summed E-state index contributed by atoms with van der Waals surface area (Å²) < 4.78 is 26.6. The molecule has 94 valence electrons. The summed E-state index contributed by atoms with van der Waals surface area (Å²) in [5.41, 5.74) is -2.59. The summed E-state index contributed by atoms with van der Waals surface area (Å²) in [4.78, 5) is 35.3. The van der Waals surface area contributed by atoms with Gasteiger partial charge in [-0.1, -0.05) is 0 Å². The van der Waals surface area contributed by atoms with Crippen LogP contribution < -0.4 is 11.1 Å². The average Bonchev–Trinajstić information content (AvgIpc) is 2.28. The molecule has 2 N–H and O–H groups in total. The molecule has 0 spiro atoms. The second kappa shape index (κ2) is 4.06.